The van der Waals surface area contributed by atoms with Gasteiger partial charge in [-0.15, -0.1) is 0 Å². The fourth-order valence-corrected chi connectivity index (χ4v) is 3.65. The average Bonchev–Trinajstić information content (AvgIpc) is 2.26. The second-order valence-corrected chi connectivity index (χ2v) is 6.66. The van der Waals surface area contributed by atoms with Crippen LogP contribution in [0.25, 0.3) is 0 Å². The lowest BCUT2D eigenvalue weighted by Crippen LogP contribution is -2.35. The van der Waals surface area contributed by atoms with Gasteiger partial charge in [-0.25, -0.2) is 18.4 Å². The van der Waals surface area contributed by atoms with E-state index in [1.165, 1.54) is 0 Å². The maximum atomic E-state index is 11.5. The zero-order chi connectivity index (χ0) is 13.2. The van der Waals surface area contributed by atoms with Gasteiger partial charge in [0.2, 0.25) is 5.95 Å². The van der Waals surface area contributed by atoms with Crippen LogP contribution in [-0.2, 0) is 9.84 Å². The van der Waals surface area contributed by atoms with Gasteiger partial charge in [0.1, 0.15) is 11.8 Å². The summed E-state index contributed by atoms with van der Waals surface area (Å²) in [5.74, 6) is 0.684. The quantitative estimate of drug-likeness (QED) is 0.844. The van der Waals surface area contributed by atoms with Crippen molar-refractivity contribution in [2.75, 3.05) is 16.8 Å². The van der Waals surface area contributed by atoms with Crippen molar-refractivity contribution in [2.45, 2.75) is 25.8 Å². The first kappa shape index (κ1) is 12.8. The summed E-state index contributed by atoms with van der Waals surface area (Å²) in [5.41, 5.74) is 0.964. The SMILES string of the molecule is Cc1cc(C#N)nc(NC2CCCS(=O)(=O)C2)n1. The smallest absolute Gasteiger partial charge is 0.224 e. The summed E-state index contributed by atoms with van der Waals surface area (Å²) in [6.07, 6.45) is 1.43. The Balaban J connectivity index is 2.14. The third-order valence-corrected chi connectivity index (χ3v) is 4.59. The van der Waals surface area contributed by atoms with Crippen molar-refractivity contribution >= 4 is 15.8 Å². The standard InChI is InChI=1S/C11H14N4O2S/c1-8-5-10(6-12)15-11(13-8)14-9-3-2-4-18(16,17)7-9/h5,9H,2-4,7H2,1H3,(H,13,14,15). The summed E-state index contributed by atoms with van der Waals surface area (Å²) in [5, 5.41) is 11.8. The van der Waals surface area contributed by atoms with Gasteiger partial charge in [-0.1, -0.05) is 0 Å². The molecule has 0 aromatic carbocycles. The topological polar surface area (TPSA) is 95.7 Å². The highest BCUT2D eigenvalue weighted by molar-refractivity contribution is 7.91. The van der Waals surface area contributed by atoms with Gasteiger partial charge in [-0.05, 0) is 25.8 Å². The fraction of sp³-hybridized carbons (Fsp3) is 0.545. The molecule has 1 N–H and O–H groups in total. The second-order valence-electron chi connectivity index (χ2n) is 4.43. The Morgan fingerprint density at radius 3 is 2.94 bits per heavy atom. The highest BCUT2D eigenvalue weighted by Gasteiger charge is 2.25. The van der Waals surface area contributed by atoms with E-state index in [0.29, 0.717) is 18.1 Å². The molecule has 1 fully saturated rings. The van der Waals surface area contributed by atoms with Crippen LogP contribution in [0.2, 0.25) is 0 Å². The van der Waals surface area contributed by atoms with E-state index in [2.05, 4.69) is 15.3 Å². The van der Waals surface area contributed by atoms with Gasteiger partial charge in [0.25, 0.3) is 0 Å². The first-order chi connectivity index (χ1) is 8.48. The van der Waals surface area contributed by atoms with Crippen LogP contribution < -0.4 is 5.32 Å². The Hall–Kier alpha value is -1.68. The Morgan fingerprint density at radius 2 is 2.28 bits per heavy atom. The molecule has 7 heteroatoms. The number of rotatable bonds is 2. The lowest BCUT2D eigenvalue weighted by molar-refractivity contribution is 0.561. The summed E-state index contributed by atoms with van der Waals surface area (Å²) in [7, 11) is -2.96. The van der Waals surface area contributed by atoms with Crippen molar-refractivity contribution < 1.29 is 8.42 Å². The van der Waals surface area contributed by atoms with Crippen LogP contribution in [0.15, 0.2) is 6.07 Å². The monoisotopic (exact) mass is 266 g/mol. The summed E-state index contributed by atoms with van der Waals surface area (Å²) >= 11 is 0. The van der Waals surface area contributed by atoms with Gasteiger partial charge in [-0.3, -0.25) is 0 Å². The molecular formula is C11H14N4O2S. The van der Waals surface area contributed by atoms with Crippen molar-refractivity contribution in [2.24, 2.45) is 0 Å². The molecule has 1 unspecified atom stereocenters. The largest absolute Gasteiger partial charge is 0.350 e. The number of nitriles is 1. The normalized spacial score (nSPS) is 22.1. The second kappa shape index (κ2) is 4.90. The number of nitrogens with one attached hydrogen (secondary N) is 1. The van der Waals surface area contributed by atoms with E-state index < -0.39 is 9.84 Å². The van der Waals surface area contributed by atoms with Crippen molar-refractivity contribution in [1.29, 1.82) is 5.26 Å². The summed E-state index contributed by atoms with van der Waals surface area (Å²) in [4.78, 5) is 8.17. The highest BCUT2D eigenvalue weighted by Crippen LogP contribution is 2.15. The van der Waals surface area contributed by atoms with Gasteiger partial charge in [0, 0.05) is 11.7 Å². The number of sulfone groups is 1. The molecule has 0 spiro atoms. The zero-order valence-electron chi connectivity index (χ0n) is 10.0. The molecule has 0 radical (unpaired) electrons. The molecule has 6 nitrogen and oxygen atoms in total. The molecule has 1 saturated heterocycles. The predicted octanol–water partition coefficient (Wildman–Crippen LogP) is 0.646. The predicted molar refractivity (Wildman–Crippen MR) is 66.8 cm³/mol. The molecule has 2 rings (SSSR count). The van der Waals surface area contributed by atoms with Crippen LogP contribution in [0.1, 0.15) is 24.2 Å². The Morgan fingerprint density at radius 1 is 1.50 bits per heavy atom. The van der Waals surface area contributed by atoms with Gasteiger partial charge < -0.3 is 5.32 Å². The molecule has 1 atom stereocenters. The van der Waals surface area contributed by atoms with Gasteiger partial charge in [0.05, 0.1) is 11.5 Å². The Bertz CT molecular complexity index is 592. The van der Waals surface area contributed by atoms with Crippen molar-refractivity contribution in [1.82, 2.24) is 9.97 Å². The molecule has 1 aliphatic rings. The van der Waals surface area contributed by atoms with E-state index in [4.69, 9.17) is 5.26 Å². The van der Waals surface area contributed by atoms with Crippen LogP contribution in [0, 0.1) is 18.3 Å². The van der Waals surface area contributed by atoms with E-state index in [0.717, 1.165) is 6.42 Å². The number of aryl methyl sites for hydroxylation is 1. The van der Waals surface area contributed by atoms with Crippen LogP contribution in [0.4, 0.5) is 5.95 Å². The molecule has 0 amide bonds. The van der Waals surface area contributed by atoms with E-state index in [1.54, 1.807) is 13.0 Å². The molecule has 0 saturated carbocycles. The lowest BCUT2D eigenvalue weighted by atomic mass is 10.2. The molecule has 0 bridgehead atoms. The van der Waals surface area contributed by atoms with Crippen molar-refractivity contribution in [3.8, 4) is 6.07 Å². The fourth-order valence-electron chi connectivity index (χ4n) is 2.01. The minimum absolute atomic E-state index is 0.103. The first-order valence-corrected chi connectivity index (χ1v) is 7.53. The van der Waals surface area contributed by atoms with E-state index in [-0.39, 0.29) is 23.2 Å². The number of hydrogen-bond acceptors (Lipinski definition) is 6. The van der Waals surface area contributed by atoms with Crippen LogP contribution in [0.5, 0.6) is 0 Å². The molecule has 0 aliphatic carbocycles. The minimum Gasteiger partial charge on any atom is -0.350 e. The highest BCUT2D eigenvalue weighted by atomic mass is 32.2. The third kappa shape index (κ3) is 3.17. The van der Waals surface area contributed by atoms with Crippen molar-refractivity contribution in [3.63, 3.8) is 0 Å². The molecule has 2 heterocycles. The number of aromatic nitrogens is 2. The summed E-state index contributed by atoms with van der Waals surface area (Å²) in [6.45, 7) is 1.77. The Labute approximate surface area is 106 Å². The zero-order valence-corrected chi connectivity index (χ0v) is 10.9. The lowest BCUT2D eigenvalue weighted by Gasteiger charge is -2.22. The van der Waals surface area contributed by atoms with Gasteiger partial charge >= 0.3 is 0 Å². The maximum Gasteiger partial charge on any atom is 0.224 e. The van der Waals surface area contributed by atoms with E-state index >= 15 is 0 Å². The average molecular weight is 266 g/mol. The van der Waals surface area contributed by atoms with Crippen LogP contribution in [-0.4, -0.2) is 35.9 Å². The van der Waals surface area contributed by atoms with Crippen LogP contribution in [0.3, 0.4) is 0 Å². The van der Waals surface area contributed by atoms with Gasteiger partial charge in [0.15, 0.2) is 9.84 Å². The Kier molecular flexibility index (Phi) is 3.48. The molecule has 1 aliphatic heterocycles. The minimum atomic E-state index is -2.96. The van der Waals surface area contributed by atoms with E-state index in [9.17, 15) is 8.42 Å². The summed E-state index contributed by atoms with van der Waals surface area (Å²) in [6, 6.07) is 3.37. The van der Waals surface area contributed by atoms with Gasteiger partial charge in [-0.2, -0.15) is 5.26 Å². The number of anilines is 1. The molecular weight excluding hydrogens is 252 g/mol. The first-order valence-electron chi connectivity index (χ1n) is 5.71. The van der Waals surface area contributed by atoms with Crippen LogP contribution >= 0.6 is 0 Å². The number of hydrogen-bond donors (Lipinski definition) is 1. The van der Waals surface area contributed by atoms with E-state index in [1.807, 2.05) is 6.07 Å². The van der Waals surface area contributed by atoms with Crippen molar-refractivity contribution in [3.05, 3.63) is 17.5 Å². The summed E-state index contributed by atoms with van der Waals surface area (Å²) < 4.78 is 23.0. The molecule has 96 valence electrons. The maximum absolute atomic E-state index is 11.5. The number of nitrogens with zero attached hydrogens (tertiary/aromatic N) is 3. The molecule has 1 aromatic heterocycles. The third-order valence-electron chi connectivity index (χ3n) is 2.77. The molecule has 1 aromatic rings. The molecule has 18 heavy (non-hydrogen) atoms.